The standard InChI is InChI=1S/C10H12BrClN4S/c1-2-16-6-14-15-9(16)5-13-4-7-3-8(11)10(12)17-7/h3,6,13H,2,4-5H2,1H3. The zero-order chi connectivity index (χ0) is 12.3. The van der Waals surface area contributed by atoms with Crippen molar-refractivity contribution in [3.05, 3.63) is 31.9 Å². The first-order chi connectivity index (χ1) is 8.20. The second-order valence-corrected chi connectivity index (χ2v) is 6.06. The van der Waals surface area contributed by atoms with Gasteiger partial charge in [0.2, 0.25) is 0 Å². The highest BCUT2D eigenvalue weighted by Crippen LogP contribution is 2.31. The lowest BCUT2D eigenvalue weighted by molar-refractivity contribution is 0.615. The van der Waals surface area contributed by atoms with Gasteiger partial charge in [-0.3, -0.25) is 0 Å². The maximum absolute atomic E-state index is 5.97. The van der Waals surface area contributed by atoms with E-state index in [-0.39, 0.29) is 0 Å². The molecule has 0 bridgehead atoms. The Morgan fingerprint density at radius 1 is 1.53 bits per heavy atom. The van der Waals surface area contributed by atoms with Crippen molar-refractivity contribution in [2.24, 2.45) is 0 Å². The fourth-order valence-electron chi connectivity index (χ4n) is 1.46. The smallest absolute Gasteiger partial charge is 0.146 e. The molecule has 0 radical (unpaired) electrons. The highest BCUT2D eigenvalue weighted by molar-refractivity contribution is 9.10. The first-order valence-corrected chi connectivity index (χ1v) is 7.20. The molecule has 0 spiro atoms. The molecule has 4 nitrogen and oxygen atoms in total. The third-order valence-electron chi connectivity index (χ3n) is 2.31. The molecule has 92 valence electrons. The Balaban J connectivity index is 1.87. The van der Waals surface area contributed by atoms with E-state index >= 15 is 0 Å². The summed E-state index contributed by atoms with van der Waals surface area (Å²) in [5.74, 6) is 0.953. The first kappa shape index (κ1) is 13.0. The molecule has 0 aliphatic carbocycles. The molecule has 0 amide bonds. The Kier molecular flexibility index (Phi) is 4.55. The van der Waals surface area contributed by atoms with Crippen LogP contribution in [0.15, 0.2) is 16.9 Å². The summed E-state index contributed by atoms with van der Waals surface area (Å²) in [7, 11) is 0. The van der Waals surface area contributed by atoms with Crippen molar-refractivity contribution in [1.29, 1.82) is 0 Å². The summed E-state index contributed by atoms with van der Waals surface area (Å²) < 4.78 is 3.76. The van der Waals surface area contributed by atoms with Gasteiger partial charge >= 0.3 is 0 Å². The minimum absolute atomic E-state index is 0.709. The number of nitrogens with zero attached hydrogens (tertiary/aromatic N) is 3. The largest absolute Gasteiger partial charge is 0.317 e. The fourth-order valence-corrected chi connectivity index (χ4v) is 3.22. The van der Waals surface area contributed by atoms with E-state index in [1.54, 1.807) is 17.7 Å². The lowest BCUT2D eigenvalue weighted by Crippen LogP contribution is -2.15. The van der Waals surface area contributed by atoms with E-state index in [1.165, 1.54) is 4.88 Å². The highest BCUT2D eigenvalue weighted by atomic mass is 79.9. The number of thiophene rings is 1. The van der Waals surface area contributed by atoms with Gasteiger partial charge in [0, 0.05) is 22.4 Å². The molecule has 0 saturated carbocycles. The molecule has 2 heterocycles. The minimum atomic E-state index is 0.709. The molecular formula is C10H12BrClN4S. The molecule has 0 atom stereocenters. The van der Waals surface area contributed by atoms with Gasteiger partial charge in [0.05, 0.1) is 6.54 Å². The van der Waals surface area contributed by atoms with Crippen LogP contribution in [0.1, 0.15) is 17.6 Å². The number of aromatic nitrogens is 3. The summed E-state index contributed by atoms with van der Waals surface area (Å²) >= 11 is 10.9. The number of rotatable bonds is 5. The van der Waals surface area contributed by atoms with Crippen molar-refractivity contribution in [2.45, 2.75) is 26.6 Å². The Morgan fingerprint density at radius 2 is 2.35 bits per heavy atom. The van der Waals surface area contributed by atoms with Gasteiger partial charge in [-0.05, 0) is 28.9 Å². The lowest BCUT2D eigenvalue weighted by atomic mass is 10.4. The molecule has 2 rings (SSSR count). The van der Waals surface area contributed by atoms with Crippen molar-refractivity contribution >= 4 is 38.9 Å². The van der Waals surface area contributed by atoms with E-state index in [0.717, 1.165) is 27.7 Å². The quantitative estimate of drug-likeness (QED) is 0.913. The fraction of sp³-hybridized carbons (Fsp3) is 0.400. The van der Waals surface area contributed by atoms with Gasteiger partial charge in [-0.25, -0.2) is 0 Å². The summed E-state index contributed by atoms with van der Waals surface area (Å²) in [5.41, 5.74) is 0. The van der Waals surface area contributed by atoms with Crippen LogP contribution in [-0.4, -0.2) is 14.8 Å². The van der Waals surface area contributed by atoms with E-state index in [2.05, 4.69) is 38.4 Å². The SMILES string of the molecule is CCn1cnnc1CNCc1cc(Br)c(Cl)s1. The first-order valence-electron chi connectivity index (χ1n) is 5.21. The van der Waals surface area contributed by atoms with Crippen LogP contribution in [0.3, 0.4) is 0 Å². The number of halogens is 2. The monoisotopic (exact) mass is 334 g/mol. The molecule has 0 aliphatic rings. The van der Waals surface area contributed by atoms with Gasteiger partial charge in [0.1, 0.15) is 16.5 Å². The van der Waals surface area contributed by atoms with Crippen LogP contribution in [0.5, 0.6) is 0 Å². The van der Waals surface area contributed by atoms with E-state index in [1.807, 2.05) is 10.6 Å². The number of nitrogens with one attached hydrogen (secondary N) is 1. The van der Waals surface area contributed by atoms with Crippen molar-refractivity contribution < 1.29 is 0 Å². The van der Waals surface area contributed by atoms with Crippen molar-refractivity contribution in [1.82, 2.24) is 20.1 Å². The second kappa shape index (κ2) is 5.95. The van der Waals surface area contributed by atoms with Gasteiger partial charge in [0.15, 0.2) is 0 Å². The summed E-state index contributed by atoms with van der Waals surface area (Å²) in [6.45, 7) is 4.46. The molecular weight excluding hydrogens is 324 g/mol. The zero-order valence-corrected chi connectivity index (χ0v) is 12.4. The number of hydrogen-bond acceptors (Lipinski definition) is 4. The molecule has 0 fully saturated rings. The van der Waals surface area contributed by atoms with Crippen LogP contribution in [0, 0.1) is 0 Å². The average Bonchev–Trinajstić information content (AvgIpc) is 2.87. The average molecular weight is 336 g/mol. The van der Waals surface area contributed by atoms with Crippen LogP contribution in [0.25, 0.3) is 0 Å². The molecule has 7 heteroatoms. The van der Waals surface area contributed by atoms with E-state index in [9.17, 15) is 0 Å². The van der Waals surface area contributed by atoms with Gasteiger partial charge in [-0.2, -0.15) is 0 Å². The topological polar surface area (TPSA) is 42.7 Å². The summed E-state index contributed by atoms with van der Waals surface area (Å²) in [4.78, 5) is 1.20. The molecule has 0 saturated heterocycles. The second-order valence-electron chi connectivity index (χ2n) is 3.47. The predicted octanol–water partition coefficient (Wildman–Crippen LogP) is 3.07. The Hall–Kier alpha value is -0.430. The number of aryl methyl sites for hydroxylation is 1. The highest BCUT2D eigenvalue weighted by Gasteiger charge is 2.05. The molecule has 2 aromatic heterocycles. The summed E-state index contributed by atoms with van der Waals surface area (Å²) in [6.07, 6.45) is 1.75. The van der Waals surface area contributed by atoms with Crippen LogP contribution in [0.2, 0.25) is 4.34 Å². The molecule has 0 unspecified atom stereocenters. The maximum Gasteiger partial charge on any atom is 0.146 e. The third kappa shape index (κ3) is 3.28. The van der Waals surface area contributed by atoms with Crippen molar-refractivity contribution in [3.8, 4) is 0 Å². The predicted molar refractivity (Wildman–Crippen MR) is 73.3 cm³/mol. The Morgan fingerprint density at radius 3 is 3.00 bits per heavy atom. The van der Waals surface area contributed by atoms with E-state index < -0.39 is 0 Å². The van der Waals surface area contributed by atoms with Crippen LogP contribution < -0.4 is 5.32 Å². The Bertz CT molecular complexity index is 477. The van der Waals surface area contributed by atoms with Gasteiger partial charge < -0.3 is 9.88 Å². The molecule has 0 aliphatic heterocycles. The van der Waals surface area contributed by atoms with Crippen LogP contribution >= 0.6 is 38.9 Å². The number of hydrogen-bond donors (Lipinski definition) is 1. The van der Waals surface area contributed by atoms with Crippen molar-refractivity contribution in [2.75, 3.05) is 0 Å². The third-order valence-corrected chi connectivity index (χ3v) is 4.79. The Labute approximate surface area is 117 Å². The summed E-state index contributed by atoms with van der Waals surface area (Å²) in [5, 5.41) is 11.3. The summed E-state index contributed by atoms with van der Waals surface area (Å²) in [6, 6.07) is 2.03. The zero-order valence-electron chi connectivity index (χ0n) is 9.28. The van der Waals surface area contributed by atoms with Crippen LogP contribution in [0.4, 0.5) is 0 Å². The van der Waals surface area contributed by atoms with Gasteiger partial charge in [0.25, 0.3) is 0 Å². The normalized spacial score (nSPS) is 11.0. The van der Waals surface area contributed by atoms with Gasteiger partial charge in [-0.15, -0.1) is 21.5 Å². The molecule has 0 aromatic carbocycles. The van der Waals surface area contributed by atoms with Crippen molar-refractivity contribution in [3.63, 3.8) is 0 Å². The molecule has 2 aromatic rings. The maximum atomic E-state index is 5.97. The lowest BCUT2D eigenvalue weighted by Gasteiger charge is -2.04. The van der Waals surface area contributed by atoms with E-state index in [0.29, 0.717) is 6.54 Å². The molecule has 17 heavy (non-hydrogen) atoms. The molecule has 1 N–H and O–H groups in total. The minimum Gasteiger partial charge on any atom is -0.317 e. The van der Waals surface area contributed by atoms with Crippen LogP contribution in [-0.2, 0) is 19.6 Å². The van der Waals surface area contributed by atoms with Gasteiger partial charge in [-0.1, -0.05) is 11.6 Å². The van der Waals surface area contributed by atoms with E-state index in [4.69, 9.17) is 11.6 Å².